The molecule has 50 heavy (non-hydrogen) atoms. The summed E-state index contributed by atoms with van der Waals surface area (Å²) in [5.74, 6) is -1.10. The van der Waals surface area contributed by atoms with Gasteiger partial charge in [0.15, 0.2) is 6.29 Å². The maximum absolute atomic E-state index is 12.3. The zero-order valence-electron chi connectivity index (χ0n) is 28.9. The van der Waals surface area contributed by atoms with Crippen LogP contribution in [0, 0.1) is 5.92 Å². The molecule has 1 aliphatic rings. The maximum atomic E-state index is 12.3. The number of aliphatic hydroxyl groups excluding tert-OH is 2. The number of likely N-dealkylation sites (N-methyl/N-ethyl adjacent to an activating group) is 1. The van der Waals surface area contributed by atoms with Crippen LogP contribution in [0.1, 0.15) is 79.4 Å². The van der Waals surface area contributed by atoms with Crippen LogP contribution in [0.15, 0.2) is 103 Å². The lowest BCUT2D eigenvalue weighted by molar-refractivity contribution is -0.276. The molecule has 1 saturated heterocycles. The van der Waals surface area contributed by atoms with E-state index in [2.05, 4.69) is 17.1 Å². The molecule has 264 valence electrons. The van der Waals surface area contributed by atoms with Crippen LogP contribution < -0.4 is 5.32 Å². The first kappa shape index (κ1) is 36.9. The third kappa shape index (κ3) is 9.44. The molecule has 0 aromatic heterocycles. The average Bonchev–Trinajstić information content (AvgIpc) is 3.14. The van der Waals surface area contributed by atoms with Crippen LogP contribution in [0.5, 0.6) is 0 Å². The SMILES string of the molecule is CC1C(CN(C)C(C)C(O)c2ccccc2)OC(c2ccc(-c3ccccc3CNC(=O)CCCC(=O)O)cc2)OC1c1ccc(CO)cc1. The second kappa shape index (κ2) is 17.5. The van der Waals surface area contributed by atoms with Crippen molar-refractivity contribution >= 4 is 11.9 Å². The molecule has 0 aliphatic carbocycles. The molecule has 4 N–H and O–H groups in total. The highest BCUT2D eigenvalue weighted by molar-refractivity contribution is 5.77. The van der Waals surface area contributed by atoms with Gasteiger partial charge >= 0.3 is 5.97 Å². The molecule has 1 aliphatic heterocycles. The lowest BCUT2D eigenvalue weighted by atomic mass is 9.89. The number of carbonyl (C=O) groups is 2. The molecule has 0 saturated carbocycles. The van der Waals surface area contributed by atoms with Gasteiger partial charge < -0.3 is 30.1 Å². The van der Waals surface area contributed by atoms with Crippen molar-refractivity contribution in [1.29, 1.82) is 0 Å². The number of amides is 1. The lowest BCUT2D eigenvalue weighted by Gasteiger charge is -2.43. The topological polar surface area (TPSA) is 129 Å². The van der Waals surface area contributed by atoms with Crippen LogP contribution in [0.4, 0.5) is 0 Å². The summed E-state index contributed by atoms with van der Waals surface area (Å²) in [7, 11) is 2.01. The Morgan fingerprint density at radius 2 is 1.52 bits per heavy atom. The Morgan fingerprint density at radius 1 is 0.860 bits per heavy atom. The fourth-order valence-electron chi connectivity index (χ4n) is 6.41. The molecule has 1 amide bonds. The van der Waals surface area contributed by atoms with Crippen molar-refractivity contribution < 1.29 is 34.4 Å². The second-order valence-electron chi connectivity index (χ2n) is 13.2. The Hall–Kier alpha value is -4.38. The normalized spacial score (nSPS) is 20.3. The predicted molar refractivity (Wildman–Crippen MR) is 192 cm³/mol. The molecule has 4 aromatic carbocycles. The van der Waals surface area contributed by atoms with Crippen LogP contribution in [-0.2, 0) is 32.2 Å². The highest BCUT2D eigenvalue weighted by Gasteiger charge is 2.39. The van der Waals surface area contributed by atoms with E-state index in [0.717, 1.165) is 38.9 Å². The molecule has 9 heteroatoms. The van der Waals surface area contributed by atoms with Crippen LogP contribution >= 0.6 is 0 Å². The fraction of sp³-hybridized carbons (Fsp3) is 0.366. The van der Waals surface area contributed by atoms with Crippen LogP contribution in [0.2, 0.25) is 0 Å². The van der Waals surface area contributed by atoms with Crippen molar-refractivity contribution in [2.75, 3.05) is 13.6 Å². The minimum absolute atomic E-state index is 0.0137. The van der Waals surface area contributed by atoms with E-state index in [1.807, 2.05) is 117 Å². The van der Waals surface area contributed by atoms with Gasteiger partial charge in [-0.25, -0.2) is 0 Å². The lowest BCUT2D eigenvalue weighted by Crippen LogP contribution is -2.46. The van der Waals surface area contributed by atoms with E-state index in [1.165, 1.54) is 0 Å². The third-order valence-electron chi connectivity index (χ3n) is 9.67. The Labute approximate surface area is 294 Å². The Bertz CT molecular complexity index is 1680. The number of benzene rings is 4. The van der Waals surface area contributed by atoms with E-state index < -0.39 is 18.4 Å². The maximum Gasteiger partial charge on any atom is 0.303 e. The summed E-state index contributed by atoms with van der Waals surface area (Å²) in [5.41, 5.74) is 6.48. The second-order valence-corrected chi connectivity index (χ2v) is 13.2. The van der Waals surface area contributed by atoms with Crippen molar-refractivity contribution in [3.8, 4) is 11.1 Å². The van der Waals surface area contributed by atoms with E-state index in [4.69, 9.17) is 14.6 Å². The fourth-order valence-corrected chi connectivity index (χ4v) is 6.41. The predicted octanol–water partition coefficient (Wildman–Crippen LogP) is 6.56. The molecular formula is C41H48N2O7. The first-order valence-electron chi connectivity index (χ1n) is 17.2. The monoisotopic (exact) mass is 680 g/mol. The largest absolute Gasteiger partial charge is 0.481 e. The molecule has 1 fully saturated rings. The van der Waals surface area contributed by atoms with Gasteiger partial charge in [-0.3, -0.25) is 14.5 Å². The highest BCUT2D eigenvalue weighted by atomic mass is 16.7. The molecule has 9 nitrogen and oxygen atoms in total. The summed E-state index contributed by atoms with van der Waals surface area (Å²) in [5, 5.41) is 32.5. The number of hydrogen-bond donors (Lipinski definition) is 4. The standard InChI is InChI=1S/C41H48N2O7/c1-27-36(25-43(3)28(2)39(48)31-10-5-4-6-11-31)49-41(50-40(27)32-18-16-29(26-44)17-19-32)33-22-20-30(21-23-33)35-13-8-7-12-34(35)24-42-37(45)14-9-15-38(46)47/h4-8,10-13,16-23,27-28,36,39-41,44,48H,9,14-15,24-26H2,1-3H3,(H,42,45)(H,46,47). The molecule has 6 unspecified atom stereocenters. The van der Waals surface area contributed by atoms with Gasteiger partial charge in [-0.1, -0.05) is 110 Å². The van der Waals surface area contributed by atoms with Gasteiger partial charge in [0.1, 0.15) is 0 Å². The Kier molecular flexibility index (Phi) is 12.9. The molecule has 4 aromatic rings. The molecule has 0 spiro atoms. The smallest absolute Gasteiger partial charge is 0.303 e. The van der Waals surface area contributed by atoms with Gasteiger partial charge in [0.05, 0.1) is 24.9 Å². The number of nitrogens with one attached hydrogen (secondary N) is 1. The number of rotatable bonds is 15. The van der Waals surface area contributed by atoms with Crippen molar-refractivity contribution in [3.05, 3.63) is 131 Å². The van der Waals surface area contributed by atoms with Gasteiger partial charge in [0.2, 0.25) is 5.91 Å². The average molecular weight is 681 g/mol. The minimum Gasteiger partial charge on any atom is -0.481 e. The summed E-state index contributed by atoms with van der Waals surface area (Å²) in [4.78, 5) is 25.2. The first-order chi connectivity index (χ1) is 24.1. The quantitative estimate of drug-likeness (QED) is 0.111. The number of carboxylic acid groups (broad SMARTS) is 1. The summed E-state index contributed by atoms with van der Waals surface area (Å²) < 4.78 is 13.4. The summed E-state index contributed by atoms with van der Waals surface area (Å²) in [6.45, 7) is 5.02. The van der Waals surface area contributed by atoms with E-state index in [-0.39, 0.29) is 49.5 Å². The number of carboxylic acids is 1. The summed E-state index contributed by atoms with van der Waals surface area (Å²) in [6.07, 6.45) is -1.35. The zero-order valence-corrected chi connectivity index (χ0v) is 28.9. The van der Waals surface area contributed by atoms with Crippen molar-refractivity contribution in [2.45, 2.75) is 76.9 Å². The van der Waals surface area contributed by atoms with Gasteiger partial charge in [-0.15, -0.1) is 0 Å². The summed E-state index contributed by atoms with van der Waals surface area (Å²) in [6, 6.07) is 33.3. The summed E-state index contributed by atoms with van der Waals surface area (Å²) >= 11 is 0. The molecule has 5 rings (SSSR count). The van der Waals surface area contributed by atoms with Crippen LogP contribution in [-0.4, -0.2) is 57.8 Å². The molecule has 0 radical (unpaired) electrons. The number of ether oxygens (including phenoxy) is 2. The zero-order chi connectivity index (χ0) is 35.6. The van der Waals surface area contributed by atoms with E-state index in [1.54, 1.807) is 0 Å². The molecule has 1 heterocycles. The first-order valence-corrected chi connectivity index (χ1v) is 17.2. The number of aliphatic carboxylic acids is 1. The third-order valence-corrected chi connectivity index (χ3v) is 9.67. The van der Waals surface area contributed by atoms with Crippen LogP contribution in [0.25, 0.3) is 11.1 Å². The Balaban J connectivity index is 1.33. The molecule has 0 bridgehead atoms. The minimum atomic E-state index is -0.909. The van der Waals surface area contributed by atoms with E-state index in [9.17, 15) is 19.8 Å². The number of hydrogen-bond acceptors (Lipinski definition) is 7. The molecule has 6 atom stereocenters. The number of aliphatic hydroxyl groups is 2. The van der Waals surface area contributed by atoms with E-state index in [0.29, 0.717) is 19.5 Å². The Morgan fingerprint density at radius 3 is 2.20 bits per heavy atom. The van der Waals surface area contributed by atoms with E-state index >= 15 is 0 Å². The van der Waals surface area contributed by atoms with Crippen molar-refractivity contribution in [3.63, 3.8) is 0 Å². The van der Waals surface area contributed by atoms with Gasteiger partial charge in [-0.05, 0) is 53.8 Å². The van der Waals surface area contributed by atoms with Crippen molar-refractivity contribution in [2.24, 2.45) is 5.92 Å². The van der Waals surface area contributed by atoms with Gasteiger partial charge in [-0.2, -0.15) is 0 Å². The van der Waals surface area contributed by atoms with Gasteiger partial charge in [0, 0.05) is 43.5 Å². The van der Waals surface area contributed by atoms with Crippen molar-refractivity contribution in [1.82, 2.24) is 10.2 Å². The number of carbonyl (C=O) groups excluding carboxylic acids is 1. The van der Waals surface area contributed by atoms with Gasteiger partial charge in [0.25, 0.3) is 0 Å². The molecular weight excluding hydrogens is 632 g/mol. The van der Waals surface area contributed by atoms with Crippen LogP contribution in [0.3, 0.4) is 0 Å². The highest BCUT2D eigenvalue weighted by Crippen LogP contribution is 2.42. The number of nitrogens with zero attached hydrogens (tertiary/aromatic N) is 1.